The van der Waals surface area contributed by atoms with Gasteiger partial charge in [-0.05, 0) is 6.07 Å². The Kier molecular flexibility index (Phi) is 3.05. The number of amides is 1. The van der Waals surface area contributed by atoms with Crippen LogP contribution in [0.3, 0.4) is 0 Å². The van der Waals surface area contributed by atoms with Crippen LogP contribution in [0, 0.1) is 10.1 Å². The number of nitro groups is 1. The number of carbonyl (C=O) groups excluding carboxylic acids is 1. The molecule has 0 unspecified atom stereocenters. The molecule has 2 rings (SSSR count). The maximum absolute atomic E-state index is 11.8. The molecular weight excluding hydrogens is 236 g/mol. The highest BCUT2D eigenvalue weighted by Gasteiger charge is 2.12. The number of rotatable bonds is 3. The predicted molar refractivity (Wildman–Crippen MR) is 64.3 cm³/mol. The molecule has 1 heterocycles. The van der Waals surface area contributed by atoms with E-state index >= 15 is 0 Å². The van der Waals surface area contributed by atoms with Gasteiger partial charge in [-0.25, -0.2) is 0 Å². The van der Waals surface area contributed by atoms with Gasteiger partial charge in [-0.1, -0.05) is 6.07 Å². The molecule has 0 saturated carbocycles. The first kappa shape index (κ1) is 11.8. The standard InChI is InChI=1S/C11H10N4O3/c1-14-6-5-10(13-14)12-11(16)8-3-2-4-9(7-8)15(17)18/h2-7H,1H3,(H,12,13,16). The number of aromatic nitrogens is 2. The van der Waals surface area contributed by atoms with E-state index in [4.69, 9.17) is 0 Å². The van der Waals surface area contributed by atoms with Crippen molar-refractivity contribution < 1.29 is 9.72 Å². The second kappa shape index (κ2) is 4.66. The first-order chi connectivity index (χ1) is 8.56. The zero-order valence-electron chi connectivity index (χ0n) is 9.53. The maximum atomic E-state index is 11.8. The number of aryl methyl sites for hydroxylation is 1. The molecule has 1 aromatic carbocycles. The molecule has 0 radical (unpaired) electrons. The lowest BCUT2D eigenvalue weighted by Crippen LogP contribution is -2.12. The summed E-state index contributed by atoms with van der Waals surface area (Å²) < 4.78 is 1.54. The SMILES string of the molecule is Cn1ccc(NC(=O)c2cccc([N+](=O)[O-])c2)n1. The van der Waals surface area contributed by atoms with Crippen LogP contribution in [0.2, 0.25) is 0 Å². The number of carbonyl (C=O) groups is 1. The van der Waals surface area contributed by atoms with Crippen LogP contribution in [-0.4, -0.2) is 20.6 Å². The largest absolute Gasteiger partial charge is 0.305 e. The maximum Gasteiger partial charge on any atom is 0.270 e. The molecule has 2 aromatic rings. The lowest BCUT2D eigenvalue weighted by Gasteiger charge is -2.01. The second-order valence-electron chi connectivity index (χ2n) is 3.64. The predicted octanol–water partition coefficient (Wildman–Crippen LogP) is 1.58. The smallest absolute Gasteiger partial charge is 0.270 e. The Balaban J connectivity index is 2.18. The van der Waals surface area contributed by atoms with Crippen molar-refractivity contribution in [3.05, 3.63) is 52.2 Å². The molecule has 1 N–H and O–H groups in total. The van der Waals surface area contributed by atoms with Gasteiger partial charge in [-0.15, -0.1) is 0 Å². The van der Waals surface area contributed by atoms with Gasteiger partial charge < -0.3 is 5.32 Å². The van der Waals surface area contributed by atoms with E-state index in [1.165, 1.54) is 24.3 Å². The minimum absolute atomic E-state index is 0.122. The Morgan fingerprint density at radius 1 is 1.44 bits per heavy atom. The third-order valence-electron chi connectivity index (χ3n) is 2.27. The van der Waals surface area contributed by atoms with Crippen LogP contribution in [0.15, 0.2) is 36.5 Å². The first-order valence-electron chi connectivity index (χ1n) is 5.12. The van der Waals surface area contributed by atoms with Crippen molar-refractivity contribution in [2.24, 2.45) is 7.05 Å². The fourth-order valence-electron chi connectivity index (χ4n) is 1.43. The van der Waals surface area contributed by atoms with Crippen LogP contribution < -0.4 is 5.32 Å². The summed E-state index contributed by atoms with van der Waals surface area (Å²) in [5.74, 6) is -0.0357. The van der Waals surface area contributed by atoms with E-state index in [1.54, 1.807) is 24.0 Å². The summed E-state index contributed by atoms with van der Waals surface area (Å²) in [6.07, 6.45) is 1.68. The number of nitrogens with one attached hydrogen (secondary N) is 1. The van der Waals surface area contributed by atoms with E-state index in [0.29, 0.717) is 5.82 Å². The van der Waals surface area contributed by atoms with Gasteiger partial charge in [0.05, 0.1) is 4.92 Å². The van der Waals surface area contributed by atoms with Gasteiger partial charge in [0.15, 0.2) is 5.82 Å². The van der Waals surface area contributed by atoms with Gasteiger partial charge in [-0.2, -0.15) is 5.10 Å². The highest BCUT2D eigenvalue weighted by atomic mass is 16.6. The van der Waals surface area contributed by atoms with E-state index in [-0.39, 0.29) is 11.3 Å². The van der Waals surface area contributed by atoms with Crippen LogP contribution in [-0.2, 0) is 7.05 Å². The van der Waals surface area contributed by atoms with Crippen molar-refractivity contribution in [1.29, 1.82) is 0 Å². The number of hydrogen-bond donors (Lipinski definition) is 1. The normalized spacial score (nSPS) is 10.1. The monoisotopic (exact) mass is 246 g/mol. The van der Waals surface area contributed by atoms with Crippen LogP contribution in [0.5, 0.6) is 0 Å². The van der Waals surface area contributed by atoms with Gasteiger partial charge in [0.2, 0.25) is 0 Å². The van der Waals surface area contributed by atoms with Crippen LogP contribution in [0.1, 0.15) is 10.4 Å². The number of hydrogen-bond acceptors (Lipinski definition) is 4. The van der Waals surface area contributed by atoms with Crippen molar-refractivity contribution in [3.63, 3.8) is 0 Å². The summed E-state index contributed by atoms with van der Waals surface area (Å²) in [7, 11) is 1.73. The molecule has 1 amide bonds. The number of nitrogens with zero attached hydrogens (tertiary/aromatic N) is 3. The van der Waals surface area contributed by atoms with E-state index in [1.807, 2.05) is 0 Å². The van der Waals surface area contributed by atoms with E-state index < -0.39 is 10.8 Å². The molecule has 0 aliphatic carbocycles. The topological polar surface area (TPSA) is 90.1 Å². The van der Waals surface area contributed by atoms with E-state index in [9.17, 15) is 14.9 Å². The molecule has 0 fully saturated rings. The Bertz CT molecular complexity index is 606. The summed E-state index contributed by atoms with van der Waals surface area (Å²) in [6, 6.07) is 7.15. The molecule has 7 heteroatoms. The zero-order chi connectivity index (χ0) is 13.1. The Morgan fingerprint density at radius 3 is 2.83 bits per heavy atom. The van der Waals surface area contributed by atoms with Crippen molar-refractivity contribution in [1.82, 2.24) is 9.78 Å². The number of anilines is 1. The molecule has 0 bridgehead atoms. The second-order valence-corrected chi connectivity index (χ2v) is 3.64. The average molecular weight is 246 g/mol. The van der Waals surface area contributed by atoms with E-state index in [2.05, 4.69) is 10.4 Å². The van der Waals surface area contributed by atoms with Crippen LogP contribution in [0.4, 0.5) is 11.5 Å². The molecule has 0 spiro atoms. The van der Waals surface area contributed by atoms with Gasteiger partial charge >= 0.3 is 0 Å². The summed E-state index contributed by atoms with van der Waals surface area (Å²) >= 11 is 0. The molecule has 18 heavy (non-hydrogen) atoms. The third kappa shape index (κ3) is 2.51. The van der Waals surface area contributed by atoms with Gasteiger partial charge in [0, 0.05) is 37.0 Å². The molecule has 7 nitrogen and oxygen atoms in total. The summed E-state index contributed by atoms with van der Waals surface area (Å²) in [4.78, 5) is 21.9. The van der Waals surface area contributed by atoms with Crippen LogP contribution in [0.25, 0.3) is 0 Å². The van der Waals surface area contributed by atoms with Gasteiger partial charge in [0.25, 0.3) is 11.6 Å². The molecule has 0 aliphatic heterocycles. The lowest BCUT2D eigenvalue weighted by molar-refractivity contribution is -0.384. The molecule has 92 valence electrons. The van der Waals surface area contributed by atoms with E-state index in [0.717, 1.165) is 0 Å². The number of benzene rings is 1. The Hall–Kier alpha value is -2.70. The highest BCUT2D eigenvalue weighted by molar-refractivity contribution is 6.04. The Labute approximate surface area is 102 Å². The number of nitro benzene ring substituents is 1. The first-order valence-corrected chi connectivity index (χ1v) is 5.12. The van der Waals surface area contributed by atoms with Gasteiger partial charge in [-0.3, -0.25) is 19.6 Å². The van der Waals surface area contributed by atoms with Crippen LogP contribution >= 0.6 is 0 Å². The van der Waals surface area contributed by atoms with Crippen molar-refractivity contribution in [3.8, 4) is 0 Å². The molecule has 0 atom stereocenters. The Morgan fingerprint density at radius 2 is 2.22 bits per heavy atom. The van der Waals surface area contributed by atoms with Crippen molar-refractivity contribution >= 4 is 17.4 Å². The summed E-state index contributed by atoms with van der Waals surface area (Å²) in [6.45, 7) is 0. The fourth-order valence-corrected chi connectivity index (χ4v) is 1.43. The zero-order valence-corrected chi connectivity index (χ0v) is 9.53. The van der Waals surface area contributed by atoms with Gasteiger partial charge in [0.1, 0.15) is 0 Å². The third-order valence-corrected chi connectivity index (χ3v) is 2.27. The van der Waals surface area contributed by atoms with Crippen molar-refractivity contribution in [2.75, 3.05) is 5.32 Å². The highest BCUT2D eigenvalue weighted by Crippen LogP contribution is 2.14. The fraction of sp³-hybridized carbons (Fsp3) is 0.0909. The number of non-ortho nitro benzene ring substituents is 1. The molecule has 0 saturated heterocycles. The average Bonchev–Trinajstić information content (AvgIpc) is 2.75. The summed E-state index contributed by atoms with van der Waals surface area (Å²) in [5.41, 5.74) is 0.0959. The minimum atomic E-state index is -0.544. The lowest BCUT2D eigenvalue weighted by atomic mass is 10.2. The molecule has 0 aliphatic rings. The summed E-state index contributed by atoms with van der Waals surface area (Å²) in [5, 5.41) is 17.1. The molecule has 1 aromatic heterocycles. The quantitative estimate of drug-likeness (QED) is 0.657. The van der Waals surface area contributed by atoms with Crippen molar-refractivity contribution in [2.45, 2.75) is 0 Å². The molecular formula is C11H10N4O3. The minimum Gasteiger partial charge on any atom is -0.305 e.